The Bertz CT molecular complexity index is 838. The van der Waals surface area contributed by atoms with E-state index in [0.29, 0.717) is 5.39 Å². The normalized spacial score (nSPS) is 10.5. The molecule has 3 rings (SSSR count). The van der Waals surface area contributed by atoms with Crippen LogP contribution in [0.25, 0.3) is 22.0 Å². The van der Waals surface area contributed by atoms with Gasteiger partial charge >= 0.3 is 0 Å². The number of carbonyl (C=O) groups excluding carboxylic acids is 1. The summed E-state index contributed by atoms with van der Waals surface area (Å²) in [7, 11) is 0. The average molecular weight is 278 g/mol. The fourth-order valence-electron chi connectivity index (χ4n) is 2.30. The molecule has 0 amide bonds. The SMILES string of the molecule is O=CCNc1ccc2cc(-c3ccccc3)[nH]c(=O)c2c1. The van der Waals surface area contributed by atoms with Crippen LogP contribution in [0.4, 0.5) is 5.69 Å². The van der Waals surface area contributed by atoms with Gasteiger partial charge in [-0.1, -0.05) is 36.4 Å². The van der Waals surface area contributed by atoms with Crippen molar-refractivity contribution in [1.29, 1.82) is 0 Å². The highest BCUT2D eigenvalue weighted by Crippen LogP contribution is 2.21. The summed E-state index contributed by atoms with van der Waals surface area (Å²) in [6, 6.07) is 17.2. The van der Waals surface area contributed by atoms with Gasteiger partial charge in [-0.25, -0.2) is 0 Å². The second-order valence-electron chi connectivity index (χ2n) is 4.73. The lowest BCUT2D eigenvalue weighted by molar-refractivity contribution is -0.106. The summed E-state index contributed by atoms with van der Waals surface area (Å²) in [5.74, 6) is 0. The van der Waals surface area contributed by atoms with Crippen molar-refractivity contribution in [3.8, 4) is 11.3 Å². The van der Waals surface area contributed by atoms with Crippen LogP contribution in [-0.2, 0) is 4.79 Å². The summed E-state index contributed by atoms with van der Waals surface area (Å²) >= 11 is 0. The van der Waals surface area contributed by atoms with Crippen molar-refractivity contribution in [2.45, 2.75) is 0 Å². The molecule has 2 aromatic carbocycles. The van der Waals surface area contributed by atoms with Gasteiger partial charge in [-0.05, 0) is 29.1 Å². The second-order valence-corrected chi connectivity index (χ2v) is 4.73. The molecule has 0 unspecified atom stereocenters. The van der Waals surface area contributed by atoms with Gasteiger partial charge in [-0.15, -0.1) is 0 Å². The number of carbonyl (C=O) groups is 1. The first-order valence-electron chi connectivity index (χ1n) is 6.68. The number of pyridine rings is 1. The van der Waals surface area contributed by atoms with E-state index in [9.17, 15) is 9.59 Å². The molecule has 0 aliphatic heterocycles. The van der Waals surface area contributed by atoms with E-state index in [2.05, 4.69) is 10.3 Å². The first-order valence-corrected chi connectivity index (χ1v) is 6.68. The highest BCUT2D eigenvalue weighted by Gasteiger charge is 2.05. The molecule has 4 heteroatoms. The largest absolute Gasteiger partial charge is 0.378 e. The van der Waals surface area contributed by atoms with Crippen LogP contribution in [0.15, 0.2) is 59.4 Å². The lowest BCUT2D eigenvalue weighted by Crippen LogP contribution is -2.08. The quantitative estimate of drug-likeness (QED) is 0.721. The Morgan fingerprint density at radius 3 is 2.62 bits per heavy atom. The van der Waals surface area contributed by atoms with Crippen LogP contribution in [-0.4, -0.2) is 17.8 Å². The number of benzene rings is 2. The van der Waals surface area contributed by atoms with E-state index in [1.54, 1.807) is 6.07 Å². The Balaban J connectivity index is 2.09. The zero-order valence-electron chi connectivity index (χ0n) is 11.3. The number of aldehydes is 1. The summed E-state index contributed by atoms with van der Waals surface area (Å²) in [4.78, 5) is 25.5. The second kappa shape index (κ2) is 5.63. The fraction of sp³-hybridized carbons (Fsp3) is 0.0588. The number of nitrogens with one attached hydrogen (secondary N) is 2. The van der Waals surface area contributed by atoms with Gasteiger partial charge in [0, 0.05) is 16.8 Å². The van der Waals surface area contributed by atoms with Crippen molar-refractivity contribution < 1.29 is 4.79 Å². The third-order valence-electron chi connectivity index (χ3n) is 3.32. The van der Waals surface area contributed by atoms with E-state index in [1.807, 2.05) is 48.5 Å². The van der Waals surface area contributed by atoms with Crippen molar-refractivity contribution in [1.82, 2.24) is 4.98 Å². The molecule has 0 saturated carbocycles. The first kappa shape index (κ1) is 13.1. The molecule has 1 heterocycles. The molecular formula is C17H14N2O2. The molecule has 4 nitrogen and oxygen atoms in total. The minimum Gasteiger partial charge on any atom is -0.378 e. The number of anilines is 1. The van der Waals surface area contributed by atoms with E-state index in [-0.39, 0.29) is 12.1 Å². The van der Waals surface area contributed by atoms with Crippen LogP contribution < -0.4 is 10.9 Å². The van der Waals surface area contributed by atoms with Gasteiger partial charge in [-0.3, -0.25) is 4.79 Å². The number of aromatic nitrogens is 1. The number of fused-ring (bicyclic) bond motifs is 1. The zero-order chi connectivity index (χ0) is 14.7. The number of rotatable bonds is 4. The van der Waals surface area contributed by atoms with Crippen LogP contribution >= 0.6 is 0 Å². The van der Waals surface area contributed by atoms with Crippen molar-refractivity contribution in [2.24, 2.45) is 0 Å². The van der Waals surface area contributed by atoms with Gasteiger partial charge in [-0.2, -0.15) is 0 Å². The van der Waals surface area contributed by atoms with Gasteiger partial charge in [0.25, 0.3) is 5.56 Å². The molecule has 0 bridgehead atoms. The Morgan fingerprint density at radius 2 is 1.86 bits per heavy atom. The Labute approximate surface area is 121 Å². The summed E-state index contributed by atoms with van der Waals surface area (Å²) < 4.78 is 0. The molecule has 0 radical (unpaired) electrons. The standard InChI is InChI=1S/C17H14N2O2/c20-9-8-18-14-7-6-13-10-16(12-4-2-1-3-5-12)19-17(21)15(13)11-14/h1-7,9-11,18H,8H2,(H,19,21). The number of hydrogen-bond acceptors (Lipinski definition) is 3. The maximum atomic E-state index is 12.2. The van der Waals surface area contributed by atoms with Crippen LogP contribution in [0.3, 0.4) is 0 Å². The third kappa shape index (κ3) is 2.69. The molecule has 3 aromatic rings. The molecular weight excluding hydrogens is 264 g/mol. The molecule has 2 N–H and O–H groups in total. The van der Waals surface area contributed by atoms with Crippen molar-refractivity contribution in [3.63, 3.8) is 0 Å². The monoisotopic (exact) mass is 278 g/mol. The van der Waals surface area contributed by atoms with Gasteiger partial charge in [0.2, 0.25) is 0 Å². The average Bonchev–Trinajstić information content (AvgIpc) is 2.54. The molecule has 0 spiro atoms. The highest BCUT2D eigenvalue weighted by molar-refractivity contribution is 5.88. The van der Waals surface area contributed by atoms with Crippen molar-refractivity contribution in [2.75, 3.05) is 11.9 Å². The zero-order valence-corrected chi connectivity index (χ0v) is 11.3. The Kier molecular flexibility index (Phi) is 3.51. The Hall–Kier alpha value is -2.88. The van der Waals surface area contributed by atoms with Crippen LogP contribution in [0.5, 0.6) is 0 Å². The van der Waals surface area contributed by atoms with Crippen LogP contribution in [0.1, 0.15) is 0 Å². The molecule has 0 saturated heterocycles. The van der Waals surface area contributed by atoms with E-state index < -0.39 is 0 Å². The predicted octanol–water partition coefficient (Wildman–Crippen LogP) is 2.81. The summed E-state index contributed by atoms with van der Waals surface area (Å²) in [6.45, 7) is 0.228. The lowest BCUT2D eigenvalue weighted by Gasteiger charge is -2.07. The minimum atomic E-state index is -0.138. The van der Waals surface area contributed by atoms with E-state index >= 15 is 0 Å². The van der Waals surface area contributed by atoms with Gasteiger partial charge in [0.05, 0.1) is 6.54 Å². The Morgan fingerprint density at radius 1 is 1.05 bits per heavy atom. The predicted molar refractivity (Wildman–Crippen MR) is 84.6 cm³/mol. The molecule has 1 aromatic heterocycles. The lowest BCUT2D eigenvalue weighted by atomic mass is 10.1. The fourth-order valence-corrected chi connectivity index (χ4v) is 2.30. The van der Waals surface area contributed by atoms with Gasteiger partial charge in [0.15, 0.2) is 0 Å². The summed E-state index contributed by atoms with van der Waals surface area (Å²) in [6.07, 6.45) is 0.785. The highest BCUT2D eigenvalue weighted by atomic mass is 16.1. The molecule has 21 heavy (non-hydrogen) atoms. The number of H-pyrrole nitrogens is 1. The van der Waals surface area contributed by atoms with Crippen LogP contribution in [0.2, 0.25) is 0 Å². The molecule has 104 valence electrons. The van der Waals surface area contributed by atoms with Gasteiger partial charge in [0.1, 0.15) is 6.29 Å². The first-order chi connectivity index (χ1) is 10.3. The van der Waals surface area contributed by atoms with Crippen molar-refractivity contribution in [3.05, 3.63) is 65.0 Å². The maximum Gasteiger partial charge on any atom is 0.256 e. The molecule has 0 aliphatic rings. The molecule has 0 atom stereocenters. The topological polar surface area (TPSA) is 62.0 Å². The minimum absolute atomic E-state index is 0.138. The van der Waals surface area contributed by atoms with E-state index in [0.717, 1.165) is 28.6 Å². The summed E-state index contributed by atoms with van der Waals surface area (Å²) in [5.41, 5.74) is 2.38. The van der Waals surface area contributed by atoms with E-state index in [1.165, 1.54) is 0 Å². The molecule has 0 aliphatic carbocycles. The van der Waals surface area contributed by atoms with Crippen molar-refractivity contribution >= 4 is 22.7 Å². The van der Waals surface area contributed by atoms with Crippen LogP contribution in [0, 0.1) is 0 Å². The smallest absolute Gasteiger partial charge is 0.256 e. The van der Waals surface area contributed by atoms with Gasteiger partial charge < -0.3 is 15.1 Å². The molecule has 0 fully saturated rings. The summed E-state index contributed by atoms with van der Waals surface area (Å²) in [5, 5.41) is 4.41. The van der Waals surface area contributed by atoms with E-state index in [4.69, 9.17) is 0 Å². The third-order valence-corrected chi connectivity index (χ3v) is 3.32. The number of hydrogen-bond donors (Lipinski definition) is 2. The maximum absolute atomic E-state index is 12.2. The number of aromatic amines is 1.